The zero-order valence-electron chi connectivity index (χ0n) is 13.9. The summed E-state index contributed by atoms with van der Waals surface area (Å²) < 4.78 is 29.6. The predicted octanol–water partition coefficient (Wildman–Crippen LogP) is 1.42. The van der Waals surface area contributed by atoms with Crippen molar-refractivity contribution in [1.82, 2.24) is 5.32 Å². The molecule has 1 aliphatic carbocycles. The highest BCUT2D eigenvalue weighted by molar-refractivity contribution is 7.91. The maximum atomic E-state index is 12.2. The van der Waals surface area contributed by atoms with E-state index < -0.39 is 32.3 Å². The Labute approximate surface area is 137 Å². The molecule has 1 aromatic carbocycles. The lowest BCUT2D eigenvalue weighted by molar-refractivity contribution is 0.0497. The summed E-state index contributed by atoms with van der Waals surface area (Å²) in [6.45, 7) is 5.26. The van der Waals surface area contributed by atoms with Crippen molar-refractivity contribution < 1.29 is 17.9 Å². The molecule has 23 heavy (non-hydrogen) atoms. The molecule has 1 amide bonds. The van der Waals surface area contributed by atoms with Gasteiger partial charge in [-0.3, -0.25) is 0 Å². The maximum absolute atomic E-state index is 12.2. The fourth-order valence-corrected chi connectivity index (χ4v) is 4.98. The van der Waals surface area contributed by atoms with E-state index in [-0.39, 0.29) is 12.5 Å². The van der Waals surface area contributed by atoms with Gasteiger partial charge in [-0.2, -0.15) is 0 Å². The molecule has 0 bridgehead atoms. The molecule has 6 nitrogen and oxygen atoms in total. The highest BCUT2D eigenvalue weighted by Gasteiger charge is 2.70. The van der Waals surface area contributed by atoms with Crippen LogP contribution in [0, 0.1) is 0 Å². The zero-order valence-corrected chi connectivity index (χ0v) is 14.7. The molecule has 0 aromatic heterocycles. The zero-order chi connectivity index (χ0) is 17.5. The molecule has 7 heteroatoms. The number of alkyl carbamates (subject to hydrolysis) is 1. The second-order valence-electron chi connectivity index (χ2n) is 7.01. The number of carbonyl (C=O) groups is 1. The number of hydrogen-bond acceptors (Lipinski definition) is 5. The van der Waals surface area contributed by atoms with Crippen molar-refractivity contribution in [3.05, 3.63) is 35.9 Å². The van der Waals surface area contributed by atoms with Crippen molar-refractivity contribution >= 4 is 15.9 Å². The van der Waals surface area contributed by atoms with Gasteiger partial charge in [0.25, 0.3) is 0 Å². The minimum absolute atomic E-state index is 0.0174. The second-order valence-corrected chi connectivity index (χ2v) is 9.18. The van der Waals surface area contributed by atoms with Crippen LogP contribution in [0.1, 0.15) is 32.3 Å². The minimum atomic E-state index is -3.39. The van der Waals surface area contributed by atoms with Gasteiger partial charge < -0.3 is 15.8 Å². The van der Waals surface area contributed by atoms with E-state index in [1.807, 2.05) is 30.3 Å². The Kier molecular flexibility index (Phi) is 4.47. The van der Waals surface area contributed by atoms with E-state index in [0.717, 1.165) is 5.56 Å². The average Bonchev–Trinajstić information content (AvgIpc) is 3.06. The molecule has 0 spiro atoms. The third-order valence-electron chi connectivity index (χ3n) is 3.95. The molecule has 3 N–H and O–H groups in total. The van der Waals surface area contributed by atoms with Crippen LogP contribution in [-0.2, 0) is 14.6 Å². The fourth-order valence-electron chi connectivity index (χ4n) is 3.10. The molecule has 0 radical (unpaired) electrons. The first-order chi connectivity index (χ1) is 10.5. The molecule has 1 fully saturated rings. The van der Waals surface area contributed by atoms with Crippen molar-refractivity contribution in [2.24, 2.45) is 5.73 Å². The van der Waals surface area contributed by atoms with Crippen molar-refractivity contribution in [2.75, 3.05) is 12.8 Å². The Morgan fingerprint density at radius 3 is 2.30 bits per heavy atom. The lowest BCUT2D eigenvalue weighted by atomic mass is 10.1. The summed E-state index contributed by atoms with van der Waals surface area (Å²) in [7, 11) is -3.39. The second kappa shape index (κ2) is 5.79. The Balaban J connectivity index is 2.33. The molecule has 3 atom stereocenters. The molecule has 1 aromatic rings. The number of nitrogens with two attached hydrogens (primary N) is 1. The molecule has 0 heterocycles. The van der Waals surface area contributed by atoms with Gasteiger partial charge in [0, 0.05) is 18.7 Å². The highest BCUT2D eigenvalue weighted by atomic mass is 32.2. The molecule has 1 saturated carbocycles. The van der Waals surface area contributed by atoms with Gasteiger partial charge in [-0.05, 0) is 26.3 Å². The molecule has 0 aliphatic heterocycles. The van der Waals surface area contributed by atoms with E-state index in [1.54, 1.807) is 20.8 Å². The Bertz CT molecular complexity index is 682. The van der Waals surface area contributed by atoms with Gasteiger partial charge in [-0.1, -0.05) is 30.3 Å². The topological polar surface area (TPSA) is 98.5 Å². The van der Waals surface area contributed by atoms with Crippen LogP contribution in [0.4, 0.5) is 4.79 Å². The summed E-state index contributed by atoms with van der Waals surface area (Å²) in [5, 5.41) is 1.96. The maximum Gasteiger partial charge on any atom is 0.408 e. The van der Waals surface area contributed by atoms with Crippen molar-refractivity contribution in [3.8, 4) is 0 Å². The molecular weight excluding hydrogens is 316 g/mol. The van der Waals surface area contributed by atoms with Crippen LogP contribution in [-0.4, -0.2) is 43.7 Å². The Hall–Kier alpha value is -1.60. The minimum Gasteiger partial charge on any atom is -0.444 e. The fraction of sp³-hybridized carbons (Fsp3) is 0.562. The quantitative estimate of drug-likeness (QED) is 0.864. The number of benzene rings is 1. The standard InChI is InChI=1S/C16H24N2O4S/c1-15(2,3)22-14(19)18-16(10-17)12(13(16)23(4,20)21)11-8-6-5-7-9-11/h5-9,12-13H,10,17H2,1-4H3,(H,18,19)/t12-,13-,16-/m0/s1. The Morgan fingerprint density at radius 2 is 1.87 bits per heavy atom. The number of amides is 1. The summed E-state index contributed by atoms with van der Waals surface area (Å²) in [5.41, 5.74) is 5.00. The smallest absolute Gasteiger partial charge is 0.408 e. The van der Waals surface area contributed by atoms with E-state index in [1.165, 1.54) is 6.26 Å². The number of ether oxygens (including phenoxy) is 1. The Morgan fingerprint density at radius 1 is 1.30 bits per heavy atom. The molecule has 0 unspecified atom stereocenters. The predicted molar refractivity (Wildman–Crippen MR) is 89.0 cm³/mol. The van der Waals surface area contributed by atoms with Crippen LogP contribution >= 0.6 is 0 Å². The number of carbonyl (C=O) groups excluding carboxylic acids is 1. The van der Waals surface area contributed by atoms with Gasteiger partial charge in [0.1, 0.15) is 5.60 Å². The van der Waals surface area contributed by atoms with Gasteiger partial charge in [-0.25, -0.2) is 13.2 Å². The van der Waals surface area contributed by atoms with Gasteiger partial charge >= 0.3 is 6.09 Å². The van der Waals surface area contributed by atoms with E-state index in [2.05, 4.69) is 5.32 Å². The SMILES string of the molecule is CC(C)(C)OC(=O)N[C@@]1(CN)[C@@H](c2ccccc2)[C@@H]1S(C)(=O)=O. The summed E-state index contributed by atoms with van der Waals surface area (Å²) in [6.07, 6.45) is 0.511. The van der Waals surface area contributed by atoms with Crippen LogP contribution in [0.25, 0.3) is 0 Å². The molecule has 0 saturated heterocycles. The third-order valence-corrected chi connectivity index (χ3v) is 5.56. The summed E-state index contributed by atoms with van der Waals surface area (Å²) >= 11 is 0. The highest BCUT2D eigenvalue weighted by Crippen LogP contribution is 2.55. The summed E-state index contributed by atoms with van der Waals surface area (Å²) in [5.74, 6) is -0.379. The van der Waals surface area contributed by atoms with Crippen LogP contribution in [0.3, 0.4) is 0 Å². The number of rotatable bonds is 4. The summed E-state index contributed by atoms with van der Waals surface area (Å²) in [6, 6.07) is 9.21. The first-order valence-electron chi connectivity index (χ1n) is 7.46. The molecule has 1 aliphatic rings. The van der Waals surface area contributed by atoms with E-state index in [4.69, 9.17) is 10.5 Å². The molecule has 2 rings (SSSR count). The largest absolute Gasteiger partial charge is 0.444 e. The van der Waals surface area contributed by atoms with Crippen molar-refractivity contribution in [1.29, 1.82) is 0 Å². The first-order valence-corrected chi connectivity index (χ1v) is 9.42. The van der Waals surface area contributed by atoms with Gasteiger partial charge in [0.2, 0.25) is 0 Å². The molecular formula is C16H24N2O4S. The number of sulfone groups is 1. The monoisotopic (exact) mass is 340 g/mol. The number of hydrogen-bond donors (Lipinski definition) is 2. The van der Waals surface area contributed by atoms with E-state index >= 15 is 0 Å². The van der Waals surface area contributed by atoms with Crippen LogP contribution in [0.2, 0.25) is 0 Å². The first kappa shape index (κ1) is 17.7. The third kappa shape index (κ3) is 3.67. The van der Waals surface area contributed by atoms with Gasteiger partial charge in [0.05, 0.1) is 10.8 Å². The van der Waals surface area contributed by atoms with Crippen molar-refractivity contribution in [2.45, 2.75) is 43.1 Å². The van der Waals surface area contributed by atoms with Gasteiger partial charge in [-0.15, -0.1) is 0 Å². The van der Waals surface area contributed by atoms with Crippen molar-refractivity contribution in [3.63, 3.8) is 0 Å². The lowest BCUT2D eigenvalue weighted by Crippen LogP contribution is -2.48. The number of nitrogens with one attached hydrogen (secondary N) is 1. The average molecular weight is 340 g/mol. The summed E-state index contributed by atoms with van der Waals surface area (Å²) in [4.78, 5) is 12.1. The lowest BCUT2D eigenvalue weighted by Gasteiger charge is -2.24. The molecule has 128 valence electrons. The normalized spacial score (nSPS) is 27.3. The van der Waals surface area contributed by atoms with E-state index in [9.17, 15) is 13.2 Å². The van der Waals surface area contributed by atoms with Gasteiger partial charge in [0.15, 0.2) is 9.84 Å². The van der Waals surface area contributed by atoms with E-state index in [0.29, 0.717) is 0 Å². The van der Waals surface area contributed by atoms with Crippen LogP contribution in [0.15, 0.2) is 30.3 Å². The van der Waals surface area contributed by atoms with Crippen LogP contribution < -0.4 is 11.1 Å². The van der Waals surface area contributed by atoms with Crippen LogP contribution in [0.5, 0.6) is 0 Å².